The van der Waals surface area contributed by atoms with Crippen molar-refractivity contribution in [2.24, 2.45) is 10.7 Å². The maximum absolute atomic E-state index is 12.3. The summed E-state index contributed by atoms with van der Waals surface area (Å²) >= 11 is 1.58. The van der Waals surface area contributed by atoms with Crippen molar-refractivity contribution in [3.63, 3.8) is 0 Å². The van der Waals surface area contributed by atoms with E-state index in [1.165, 1.54) is 5.56 Å². The summed E-state index contributed by atoms with van der Waals surface area (Å²) in [4.78, 5) is 19.7. The molecule has 156 valence electrons. The van der Waals surface area contributed by atoms with Gasteiger partial charge in [0.15, 0.2) is 0 Å². The highest BCUT2D eigenvalue weighted by Gasteiger charge is 2.08. The molecule has 0 saturated heterocycles. The van der Waals surface area contributed by atoms with Gasteiger partial charge < -0.3 is 16.0 Å². The number of benzene rings is 2. The molecular formula is C24H28N4OS. The van der Waals surface area contributed by atoms with E-state index in [9.17, 15) is 4.79 Å². The standard InChI is InChI=1S/C24H28N4OS/c1-28(2)21-10-5-4-9-20(21)27-23(29)12-6-3-8-18-13-15-19(16-14-18)26-24(25)22-11-7-17-30-22/h4-5,7,9-11,13-17H,3,6,8,12H2,1-2H3,(H2,25,26)(H,27,29). The zero-order chi connectivity index (χ0) is 21.3. The average Bonchev–Trinajstić information content (AvgIpc) is 3.28. The van der Waals surface area contributed by atoms with Gasteiger partial charge in [-0.2, -0.15) is 0 Å². The number of thiophene rings is 1. The van der Waals surface area contributed by atoms with Crippen molar-refractivity contribution in [2.45, 2.75) is 25.7 Å². The van der Waals surface area contributed by atoms with Gasteiger partial charge in [-0.25, -0.2) is 4.99 Å². The first kappa shape index (κ1) is 21.6. The van der Waals surface area contributed by atoms with E-state index in [0.29, 0.717) is 12.3 Å². The molecule has 0 atom stereocenters. The van der Waals surface area contributed by atoms with E-state index in [1.54, 1.807) is 11.3 Å². The van der Waals surface area contributed by atoms with Gasteiger partial charge in [-0.3, -0.25) is 4.79 Å². The number of amidine groups is 1. The first-order valence-electron chi connectivity index (χ1n) is 10.1. The number of unbranched alkanes of at least 4 members (excludes halogenated alkanes) is 1. The first-order valence-corrected chi connectivity index (χ1v) is 10.9. The second kappa shape index (κ2) is 10.6. The topological polar surface area (TPSA) is 70.7 Å². The number of aryl methyl sites for hydroxylation is 1. The van der Waals surface area contributed by atoms with Gasteiger partial charge in [0.25, 0.3) is 0 Å². The highest BCUT2D eigenvalue weighted by molar-refractivity contribution is 7.12. The summed E-state index contributed by atoms with van der Waals surface area (Å²) in [6.07, 6.45) is 3.26. The highest BCUT2D eigenvalue weighted by atomic mass is 32.1. The molecule has 30 heavy (non-hydrogen) atoms. The fourth-order valence-electron chi connectivity index (χ4n) is 3.15. The van der Waals surface area contributed by atoms with Crippen molar-refractivity contribution in [1.82, 2.24) is 0 Å². The van der Waals surface area contributed by atoms with Crippen LogP contribution < -0.4 is 16.0 Å². The fourth-order valence-corrected chi connectivity index (χ4v) is 3.78. The average molecular weight is 421 g/mol. The molecule has 0 fully saturated rings. The zero-order valence-corrected chi connectivity index (χ0v) is 18.3. The van der Waals surface area contributed by atoms with E-state index >= 15 is 0 Å². The van der Waals surface area contributed by atoms with Crippen LogP contribution in [0.2, 0.25) is 0 Å². The minimum absolute atomic E-state index is 0.0537. The Morgan fingerprint density at radius 1 is 1.03 bits per heavy atom. The molecule has 0 spiro atoms. The van der Waals surface area contributed by atoms with Crippen molar-refractivity contribution in [1.29, 1.82) is 0 Å². The number of rotatable bonds is 9. The van der Waals surface area contributed by atoms with Crippen molar-refractivity contribution in [2.75, 3.05) is 24.3 Å². The molecule has 3 N–H and O–H groups in total. The number of hydrogen-bond donors (Lipinski definition) is 2. The summed E-state index contributed by atoms with van der Waals surface area (Å²) in [5, 5.41) is 5.01. The number of para-hydroxylation sites is 2. The number of hydrogen-bond acceptors (Lipinski definition) is 4. The van der Waals surface area contributed by atoms with Crippen LogP contribution in [0, 0.1) is 0 Å². The third-order valence-corrected chi connectivity index (χ3v) is 5.63. The maximum atomic E-state index is 12.3. The van der Waals surface area contributed by atoms with Crippen molar-refractivity contribution < 1.29 is 4.79 Å². The maximum Gasteiger partial charge on any atom is 0.224 e. The second-order valence-electron chi connectivity index (χ2n) is 7.31. The molecule has 0 aliphatic rings. The quantitative estimate of drug-likeness (QED) is 0.284. The summed E-state index contributed by atoms with van der Waals surface area (Å²) < 4.78 is 0. The van der Waals surface area contributed by atoms with Crippen LogP contribution in [0.1, 0.15) is 29.7 Å². The molecule has 2 aromatic carbocycles. The number of amides is 1. The number of nitrogens with zero attached hydrogens (tertiary/aromatic N) is 2. The summed E-state index contributed by atoms with van der Waals surface area (Å²) in [5.74, 6) is 0.595. The third-order valence-electron chi connectivity index (χ3n) is 4.74. The normalized spacial score (nSPS) is 11.3. The molecule has 6 heteroatoms. The van der Waals surface area contributed by atoms with Crippen molar-refractivity contribution in [3.8, 4) is 0 Å². The predicted octanol–water partition coefficient (Wildman–Crippen LogP) is 5.20. The molecule has 0 aliphatic carbocycles. The molecule has 3 rings (SSSR count). The van der Waals surface area contributed by atoms with Crippen LogP contribution in [0.4, 0.5) is 17.1 Å². The van der Waals surface area contributed by atoms with Gasteiger partial charge >= 0.3 is 0 Å². The van der Waals surface area contributed by atoms with E-state index in [0.717, 1.165) is 41.2 Å². The Balaban J connectivity index is 1.43. The van der Waals surface area contributed by atoms with E-state index < -0.39 is 0 Å². The zero-order valence-electron chi connectivity index (χ0n) is 17.5. The van der Waals surface area contributed by atoms with Gasteiger partial charge in [-0.1, -0.05) is 30.3 Å². The Morgan fingerprint density at radius 2 is 1.80 bits per heavy atom. The summed E-state index contributed by atoms with van der Waals surface area (Å²) in [6.45, 7) is 0. The molecule has 3 aromatic rings. The van der Waals surface area contributed by atoms with E-state index in [2.05, 4.69) is 22.4 Å². The van der Waals surface area contributed by atoms with Crippen LogP contribution in [-0.4, -0.2) is 25.8 Å². The summed E-state index contributed by atoms with van der Waals surface area (Å²) in [6, 6.07) is 19.9. The SMILES string of the molecule is CN(C)c1ccccc1NC(=O)CCCCc1ccc(/N=C(/N)c2cccs2)cc1. The first-order chi connectivity index (χ1) is 14.5. The number of carbonyl (C=O) groups excluding carboxylic acids is 1. The van der Waals surface area contributed by atoms with E-state index in [-0.39, 0.29) is 5.91 Å². The molecule has 1 aromatic heterocycles. The molecule has 0 aliphatic heterocycles. The third kappa shape index (κ3) is 6.19. The monoisotopic (exact) mass is 420 g/mol. The van der Waals surface area contributed by atoms with Gasteiger partial charge in [-0.05, 0) is 60.5 Å². The lowest BCUT2D eigenvalue weighted by Gasteiger charge is -2.17. The van der Waals surface area contributed by atoms with Gasteiger partial charge in [0.2, 0.25) is 5.91 Å². The largest absolute Gasteiger partial charge is 0.383 e. The molecule has 0 radical (unpaired) electrons. The van der Waals surface area contributed by atoms with Crippen molar-refractivity contribution in [3.05, 3.63) is 76.5 Å². The summed E-state index contributed by atoms with van der Waals surface area (Å²) in [5.41, 5.74) is 9.99. The Bertz CT molecular complexity index is 979. The van der Waals surface area contributed by atoms with Crippen LogP contribution in [0.5, 0.6) is 0 Å². The number of anilines is 2. The van der Waals surface area contributed by atoms with Crippen LogP contribution in [0.3, 0.4) is 0 Å². The molecule has 1 heterocycles. The Hall–Kier alpha value is -3.12. The van der Waals surface area contributed by atoms with Gasteiger partial charge in [-0.15, -0.1) is 11.3 Å². The smallest absolute Gasteiger partial charge is 0.224 e. The molecule has 1 amide bonds. The summed E-state index contributed by atoms with van der Waals surface area (Å²) in [7, 11) is 3.94. The molecule has 5 nitrogen and oxygen atoms in total. The number of nitrogens with one attached hydrogen (secondary N) is 1. The molecule has 0 bridgehead atoms. The lowest BCUT2D eigenvalue weighted by atomic mass is 10.1. The van der Waals surface area contributed by atoms with E-state index in [4.69, 9.17) is 5.73 Å². The van der Waals surface area contributed by atoms with Gasteiger partial charge in [0.05, 0.1) is 21.9 Å². The molecule has 0 unspecified atom stereocenters. The minimum atomic E-state index is 0.0537. The van der Waals surface area contributed by atoms with Gasteiger partial charge in [0.1, 0.15) is 5.84 Å². The fraction of sp³-hybridized carbons (Fsp3) is 0.250. The predicted molar refractivity (Wildman–Crippen MR) is 128 cm³/mol. The lowest BCUT2D eigenvalue weighted by Crippen LogP contribution is -2.16. The van der Waals surface area contributed by atoms with E-state index in [1.807, 2.05) is 72.9 Å². The van der Waals surface area contributed by atoms with Crippen LogP contribution in [-0.2, 0) is 11.2 Å². The Labute approximate surface area is 182 Å². The Kier molecular flexibility index (Phi) is 7.63. The lowest BCUT2D eigenvalue weighted by molar-refractivity contribution is -0.116. The molecule has 0 saturated carbocycles. The second-order valence-corrected chi connectivity index (χ2v) is 8.26. The van der Waals surface area contributed by atoms with Crippen LogP contribution in [0.25, 0.3) is 0 Å². The molecular weight excluding hydrogens is 392 g/mol. The highest BCUT2D eigenvalue weighted by Crippen LogP contribution is 2.24. The number of carbonyl (C=O) groups is 1. The number of aliphatic imine (C=N–C) groups is 1. The van der Waals surface area contributed by atoms with Crippen LogP contribution >= 0.6 is 11.3 Å². The minimum Gasteiger partial charge on any atom is -0.383 e. The Morgan fingerprint density at radius 3 is 2.50 bits per heavy atom. The van der Waals surface area contributed by atoms with Crippen molar-refractivity contribution >= 4 is 40.1 Å². The van der Waals surface area contributed by atoms with Crippen LogP contribution in [0.15, 0.2) is 71.0 Å². The number of nitrogens with two attached hydrogens (primary N) is 1. The van der Waals surface area contributed by atoms with Gasteiger partial charge in [0, 0.05) is 20.5 Å².